The normalized spacial score (nSPS) is 14.0. The molecule has 1 aromatic carbocycles. The molecule has 0 unspecified atom stereocenters. The fourth-order valence-electron chi connectivity index (χ4n) is 2.20. The van der Waals surface area contributed by atoms with E-state index in [1.54, 1.807) is 31.2 Å². The molecule has 0 radical (unpaired) electrons. The summed E-state index contributed by atoms with van der Waals surface area (Å²) in [5.74, 6) is -1.06. The van der Waals surface area contributed by atoms with Crippen molar-refractivity contribution in [1.29, 1.82) is 0 Å². The maximum atomic E-state index is 12.6. The van der Waals surface area contributed by atoms with Gasteiger partial charge in [0.15, 0.2) is 6.10 Å². The highest BCUT2D eigenvalue weighted by molar-refractivity contribution is 8.00. The van der Waals surface area contributed by atoms with Gasteiger partial charge in [0.1, 0.15) is 0 Å². The van der Waals surface area contributed by atoms with Crippen molar-refractivity contribution < 1.29 is 19.1 Å². The van der Waals surface area contributed by atoms with Gasteiger partial charge in [0.2, 0.25) is 5.91 Å². The molecule has 2 atom stereocenters. The Morgan fingerprint density at radius 1 is 0.893 bits per heavy atom. The van der Waals surface area contributed by atoms with Crippen LogP contribution < -0.4 is 10.6 Å². The molecular weight excluding hydrogens is 376 g/mol. The maximum Gasteiger partial charge on any atom is 0.340 e. The van der Waals surface area contributed by atoms with Crippen LogP contribution in [-0.4, -0.2) is 40.2 Å². The third-order valence-electron chi connectivity index (χ3n) is 3.43. The van der Waals surface area contributed by atoms with Gasteiger partial charge in [0.25, 0.3) is 5.91 Å². The third-order valence-corrected chi connectivity index (χ3v) is 4.61. The van der Waals surface area contributed by atoms with Gasteiger partial charge < -0.3 is 15.4 Å². The second-order valence-electron chi connectivity index (χ2n) is 8.78. The van der Waals surface area contributed by atoms with E-state index in [0.29, 0.717) is 10.5 Å². The first-order chi connectivity index (χ1) is 12.7. The van der Waals surface area contributed by atoms with Gasteiger partial charge in [-0.1, -0.05) is 12.1 Å². The summed E-state index contributed by atoms with van der Waals surface area (Å²) >= 11 is 1.28. The molecule has 0 aliphatic rings. The summed E-state index contributed by atoms with van der Waals surface area (Å²) < 4.78 is 5.34. The van der Waals surface area contributed by atoms with Crippen LogP contribution in [0.5, 0.6) is 0 Å². The highest BCUT2D eigenvalue weighted by Gasteiger charge is 2.26. The van der Waals surface area contributed by atoms with E-state index in [2.05, 4.69) is 10.6 Å². The van der Waals surface area contributed by atoms with Crippen molar-refractivity contribution in [3.8, 4) is 0 Å². The summed E-state index contributed by atoms with van der Waals surface area (Å²) in [6.45, 7) is 14.6. The molecule has 2 N–H and O–H groups in total. The van der Waals surface area contributed by atoms with Crippen LogP contribution in [0.4, 0.5) is 0 Å². The predicted molar refractivity (Wildman–Crippen MR) is 112 cm³/mol. The number of amides is 2. The van der Waals surface area contributed by atoms with Crippen molar-refractivity contribution in [2.45, 2.75) is 82.7 Å². The summed E-state index contributed by atoms with van der Waals surface area (Å²) in [5, 5.41) is 5.32. The minimum Gasteiger partial charge on any atom is -0.449 e. The lowest BCUT2D eigenvalue weighted by Crippen LogP contribution is -2.46. The molecule has 0 aliphatic heterocycles. The monoisotopic (exact) mass is 408 g/mol. The van der Waals surface area contributed by atoms with E-state index < -0.39 is 22.9 Å². The second-order valence-corrected chi connectivity index (χ2v) is 10.2. The van der Waals surface area contributed by atoms with E-state index >= 15 is 0 Å². The Kier molecular flexibility index (Phi) is 8.11. The number of hydrogen-bond donors (Lipinski definition) is 2. The smallest absolute Gasteiger partial charge is 0.340 e. The molecule has 7 heteroatoms. The Labute approximate surface area is 172 Å². The third kappa shape index (κ3) is 8.33. The molecule has 1 aromatic rings. The number of carbonyl (C=O) groups is 3. The van der Waals surface area contributed by atoms with Crippen molar-refractivity contribution in [2.24, 2.45) is 0 Å². The molecule has 0 spiro atoms. The number of esters is 1. The molecule has 0 bridgehead atoms. The van der Waals surface area contributed by atoms with E-state index in [1.165, 1.54) is 18.7 Å². The zero-order valence-electron chi connectivity index (χ0n) is 18.0. The molecule has 156 valence electrons. The lowest BCUT2D eigenvalue weighted by molar-refractivity contribution is -0.130. The van der Waals surface area contributed by atoms with Crippen molar-refractivity contribution in [3.63, 3.8) is 0 Å². The van der Waals surface area contributed by atoms with Crippen LogP contribution >= 0.6 is 11.8 Å². The van der Waals surface area contributed by atoms with Crippen molar-refractivity contribution >= 4 is 29.5 Å². The highest BCUT2D eigenvalue weighted by atomic mass is 32.2. The van der Waals surface area contributed by atoms with Gasteiger partial charge in [0.05, 0.1) is 10.8 Å². The number of rotatable bonds is 6. The van der Waals surface area contributed by atoms with Crippen LogP contribution in [0.15, 0.2) is 29.2 Å². The quantitative estimate of drug-likeness (QED) is 0.555. The SMILES string of the molecule is C[C@@H](OC(=O)c1ccccc1S[C@H](C)C(=O)NC(C)(C)C)C(=O)NC(C)(C)C. The van der Waals surface area contributed by atoms with E-state index in [1.807, 2.05) is 41.5 Å². The van der Waals surface area contributed by atoms with Crippen LogP contribution in [0.1, 0.15) is 65.7 Å². The van der Waals surface area contributed by atoms with Gasteiger partial charge in [-0.2, -0.15) is 0 Å². The van der Waals surface area contributed by atoms with Crippen LogP contribution in [0, 0.1) is 0 Å². The summed E-state index contributed by atoms with van der Waals surface area (Å²) in [6, 6.07) is 6.92. The Morgan fingerprint density at radius 2 is 1.39 bits per heavy atom. The van der Waals surface area contributed by atoms with Crippen LogP contribution in [0.25, 0.3) is 0 Å². The maximum absolute atomic E-state index is 12.6. The minimum atomic E-state index is -0.925. The second kappa shape index (κ2) is 9.45. The average molecular weight is 409 g/mol. The fraction of sp³-hybridized carbons (Fsp3) is 0.571. The minimum absolute atomic E-state index is 0.112. The first-order valence-electron chi connectivity index (χ1n) is 9.30. The van der Waals surface area contributed by atoms with Gasteiger partial charge in [-0.05, 0) is 67.5 Å². The summed E-state index contributed by atoms with van der Waals surface area (Å²) in [6.07, 6.45) is -0.925. The Hall–Kier alpha value is -2.02. The standard InChI is InChI=1S/C21H32N2O4S/c1-13(17(24)22-20(3,4)5)27-19(26)15-11-9-10-12-16(15)28-14(2)18(25)23-21(6,7)8/h9-14H,1-8H3,(H,22,24)(H,23,25)/t13-,14-/m1/s1. The van der Waals surface area contributed by atoms with Crippen LogP contribution in [-0.2, 0) is 14.3 Å². The Bertz CT molecular complexity index is 720. The summed E-state index contributed by atoms with van der Waals surface area (Å²) in [7, 11) is 0. The molecule has 0 aromatic heterocycles. The first-order valence-corrected chi connectivity index (χ1v) is 10.2. The van der Waals surface area contributed by atoms with E-state index in [0.717, 1.165) is 0 Å². The first kappa shape index (κ1) is 24.0. The van der Waals surface area contributed by atoms with E-state index in [9.17, 15) is 14.4 Å². The molecule has 1 rings (SSSR count). The lowest BCUT2D eigenvalue weighted by atomic mass is 10.1. The number of benzene rings is 1. The fourth-order valence-corrected chi connectivity index (χ4v) is 3.18. The molecule has 0 fully saturated rings. The topological polar surface area (TPSA) is 84.5 Å². The molecule has 28 heavy (non-hydrogen) atoms. The van der Waals surface area contributed by atoms with Crippen LogP contribution in [0.2, 0.25) is 0 Å². The number of hydrogen-bond acceptors (Lipinski definition) is 5. The van der Waals surface area contributed by atoms with Crippen molar-refractivity contribution in [1.82, 2.24) is 10.6 Å². The average Bonchev–Trinajstić information content (AvgIpc) is 2.51. The van der Waals surface area contributed by atoms with Gasteiger partial charge in [-0.3, -0.25) is 9.59 Å². The molecule has 2 amide bonds. The van der Waals surface area contributed by atoms with E-state index in [4.69, 9.17) is 4.74 Å². The molecular formula is C21H32N2O4S. The largest absolute Gasteiger partial charge is 0.449 e. The zero-order valence-corrected chi connectivity index (χ0v) is 18.8. The summed E-state index contributed by atoms with van der Waals surface area (Å²) in [4.78, 5) is 37.7. The van der Waals surface area contributed by atoms with Gasteiger partial charge in [0, 0.05) is 16.0 Å². The molecule has 0 saturated carbocycles. The van der Waals surface area contributed by atoms with Crippen LogP contribution in [0.3, 0.4) is 0 Å². The zero-order chi connectivity index (χ0) is 21.7. The summed E-state index contributed by atoms with van der Waals surface area (Å²) in [5.41, 5.74) is -0.417. The Morgan fingerprint density at radius 3 is 1.93 bits per heavy atom. The Balaban J connectivity index is 2.86. The highest BCUT2D eigenvalue weighted by Crippen LogP contribution is 2.28. The van der Waals surface area contributed by atoms with Crippen molar-refractivity contribution in [3.05, 3.63) is 29.8 Å². The molecule has 0 aliphatic carbocycles. The molecule has 0 saturated heterocycles. The van der Waals surface area contributed by atoms with E-state index in [-0.39, 0.29) is 17.4 Å². The molecule has 6 nitrogen and oxygen atoms in total. The lowest BCUT2D eigenvalue weighted by Gasteiger charge is -2.24. The predicted octanol–water partition coefficient (Wildman–Crippen LogP) is 3.54. The van der Waals surface area contributed by atoms with Gasteiger partial charge in [-0.25, -0.2) is 4.79 Å². The number of ether oxygens (including phenoxy) is 1. The van der Waals surface area contributed by atoms with Crippen molar-refractivity contribution in [2.75, 3.05) is 0 Å². The number of nitrogens with one attached hydrogen (secondary N) is 2. The molecule has 0 heterocycles. The van der Waals surface area contributed by atoms with Gasteiger partial charge >= 0.3 is 5.97 Å². The van der Waals surface area contributed by atoms with Gasteiger partial charge in [-0.15, -0.1) is 11.8 Å². The number of thioether (sulfide) groups is 1. The number of carbonyl (C=O) groups excluding carboxylic acids is 3.